The first kappa shape index (κ1) is 17.4. The number of nitrogens with zero attached hydrogens (tertiary/aromatic N) is 4. The molecule has 0 radical (unpaired) electrons. The molecule has 0 aromatic carbocycles. The van der Waals surface area contributed by atoms with Gasteiger partial charge in [0.1, 0.15) is 4.83 Å². The first-order valence-corrected chi connectivity index (χ1v) is 10.7. The summed E-state index contributed by atoms with van der Waals surface area (Å²) in [6, 6.07) is 4.01. The van der Waals surface area contributed by atoms with Gasteiger partial charge in [0.05, 0.1) is 10.6 Å². The quantitative estimate of drug-likeness (QED) is 0.360. The van der Waals surface area contributed by atoms with Crippen LogP contribution in [-0.2, 0) is 13.5 Å². The zero-order valence-electron chi connectivity index (χ0n) is 14.4. The number of thioether (sulfide) groups is 1. The second kappa shape index (κ2) is 6.98. The molecule has 4 rings (SSSR count). The summed E-state index contributed by atoms with van der Waals surface area (Å²) in [7, 11) is 1.75. The van der Waals surface area contributed by atoms with E-state index in [1.165, 1.54) is 23.1 Å². The number of hydrogen-bond donors (Lipinski definition) is 0. The lowest BCUT2D eigenvalue weighted by molar-refractivity contribution is 0.375. The van der Waals surface area contributed by atoms with Crippen LogP contribution in [0.1, 0.15) is 30.8 Å². The monoisotopic (exact) mass is 404 g/mol. The van der Waals surface area contributed by atoms with Gasteiger partial charge in [0.2, 0.25) is 5.89 Å². The summed E-state index contributed by atoms with van der Waals surface area (Å²) in [5.41, 5.74) is 0.927. The Balaban J connectivity index is 1.73. The van der Waals surface area contributed by atoms with Gasteiger partial charge in [0.25, 0.3) is 5.56 Å². The highest BCUT2D eigenvalue weighted by molar-refractivity contribution is 7.99. The van der Waals surface area contributed by atoms with Crippen molar-refractivity contribution in [2.45, 2.75) is 30.7 Å². The zero-order chi connectivity index (χ0) is 18.3. The largest absolute Gasteiger partial charge is 0.338 e. The van der Waals surface area contributed by atoms with Crippen LogP contribution < -0.4 is 5.56 Å². The Kier molecular flexibility index (Phi) is 4.68. The Morgan fingerprint density at radius 3 is 2.88 bits per heavy atom. The first-order valence-electron chi connectivity index (χ1n) is 8.09. The summed E-state index contributed by atoms with van der Waals surface area (Å²) in [6.07, 6.45) is 0.726. The van der Waals surface area contributed by atoms with Crippen molar-refractivity contribution < 1.29 is 4.52 Å². The minimum absolute atomic E-state index is 0.0332. The van der Waals surface area contributed by atoms with E-state index in [9.17, 15) is 4.79 Å². The number of fused-ring (bicyclic) bond motifs is 1. The van der Waals surface area contributed by atoms with Crippen molar-refractivity contribution in [3.63, 3.8) is 0 Å². The molecule has 0 N–H and O–H groups in total. The number of hydrogen-bond acceptors (Lipinski definition) is 8. The highest BCUT2D eigenvalue weighted by Crippen LogP contribution is 2.37. The predicted octanol–water partition coefficient (Wildman–Crippen LogP) is 4.52. The third kappa shape index (κ3) is 3.00. The van der Waals surface area contributed by atoms with Gasteiger partial charge in [-0.3, -0.25) is 9.36 Å². The second-order valence-electron chi connectivity index (χ2n) is 5.73. The average molecular weight is 405 g/mol. The van der Waals surface area contributed by atoms with Gasteiger partial charge in [-0.15, -0.1) is 22.7 Å². The van der Waals surface area contributed by atoms with Crippen LogP contribution in [0.3, 0.4) is 0 Å². The van der Waals surface area contributed by atoms with Crippen LogP contribution in [0.2, 0.25) is 0 Å². The summed E-state index contributed by atoms with van der Waals surface area (Å²) in [5, 5.41) is 9.19. The molecule has 1 atom stereocenters. The molecule has 4 aromatic rings. The van der Waals surface area contributed by atoms with Crippen LogP contribution in [0.25, 0.3) is 20.7 Å². The summed E-state index contributed by atoms with van der Waals surface area (Å²) in [6.45, 7) is 3.95. The maximum Gasteiger partial charge on any atom is 0.263 e. The van der Waals surface area contributed by atoms with Crippen molar-refractivity contribution in [3.05, 3.63) is 45.0 Å². The smallest absolute Gasteiger partial charge is 0.263 e. The normalized spacial score (nSPS) is 12.7. The standard InChI is InChI=1S/C17H16N4O2S3/c1-4-12-18-14(23-20-12)9(2)26-17-19-15-13(16(22)21(17)3)10(8-25-15)11-6-5-7-24-11/h5-9H,4H2,1-3H3. The van der Waals surface area contributed by atoms with Gasteiger partial charge in [-0.25, -0.2) is 4.98 Å². The van der Waals surface area contributed by atoms with Gasteiger partial charge in [-0.1, -0.05) is 29.9 Å². The maximum absolute atomic E-state index is 13.0. The van der Waals surface area contributed by atoms with E-state index < -0.39 is 0 Å². The molecule has 0 saturated heterocycles. The minimum atomic E-state index is -0.0879. The lowest BCUT2D eigenvalue weighted by Gasteiger charge is -2.10. The molecule has 0 saturated carbocycles. The molecular weight excluding hydrogens is 388 g/mol. The SMILES string of the molecule is CCc1noc(C(C)Sc2nc3scc(-c4cccs4)c3c(=O)n2C)n1. The van der Waals surface area contributed by atoms with Crippen LogP contribution in [-0.4, -0.2) is 19.7 Å². The molecule has 0 spiro atoms. The van der Waals surface area contributed by atoms with Crippen LogP contribution in [0, 0.1) is 0 Å². The van der Waals surface area contributed by atoms with Crippen molar-refractivity contribution in [1.29, 1.82) is 0 Å². The van der Waals surface area contributed by atoms with Gasteiger partial charge in [0, 0.05) is 29.3 Å². The van der Waals surface area contributed by atoms with E-state index in [1.807, 2.05) is 36.7 Å². The maximum atomic E-state index is 13.0. The summed E-state index contributed by atoms with van der Waals surface area (Å²) in [4.78, 5) is 23.9. The minimum Gasteiger partial charge on any atom is -0.338 e. The molecule has 26 heavy (non-hydrogen) atoms. The molecule has 0 fully saturated rings. The summed E-state index contributed by atoms with van der Waals surface area (Å²) >= 11 is 4.57. The van der Waals surface area contributed by atoms with Crippen LogP contribution >= 0.6 is 34.4 Å². The number of aryl methyl sites for hydroxylation is 1. The van der Waals surface area contributed by atoms with Crippen molar-refractivity contribution in [2.75, 3.05) is 0 Å². The topological polar surface area (TPSA) is 73.8 Å². The average Bonchev–Trinajstić information content (AvgIpc) is 3.38. The van der Waals surface area contributed by atoms with E-state index in [2.05, 4.69) is 10.1 Å². The number of thiophene rings is 2. The fourth-order valence-corrected chi connectivity index (χ4v) is 5.26. The lowest BCUT2D eigenvalue weighted by atomic mass is 10.2. The van der Waals surface area contributed by atoms with E-state index in [0.717, 1.165) is 21.7 Å². The van der Waals surface area contributed by atoms with E-state index >= 15 is 0 Å². The molecule has 6 nitrogen and oxygen atoms in total. The molecule has 0 aliphatic rings. The fourth-order valence-electron chi connectivity index (χ4n) is 2.56. The molecule has 0 aliphatic heterocycles. The summed E-state index contributed by atoms with van der Waals surface area (Å²) in [5.74, 6) is 1.23. The molecule has 4 aromatic heterocycles. The Bertz CT molecular complexity index is 1110. The third-order valence-corrected chi connectivity index (χ3v) is 6.90. The van der Waals surface area contributed by atoms with Gasteiger partial charge >= 0.3 is 0 Å². The van der Waals surface area contributed by atoms with Gasteiger partial charge in [-0.05, 0) is 18.4 Å². The Morgan fingerprint density at radius 2 is 2.19 bits per heavy atom. The van der Waals surface area contributed by atoms with Gasteiger partial charge < -0.3 is 4.52 Å². The molecule has 0 aliphatic carbocycles. The van der Waals surface area contributed by atoms with Crippen molar-refractivity contribution in [2.24, 2.45) is 7.05 Å². The number of rotatable bonds is 5. The highest BCUT2D eigenvalue weighted by Gasteiger charge is 2.20. The van der Waals surface area contributed by atoms with Gasteiger partial charge in [0.15, 0.2) is 11.0 Å². The molecule has 1 unspecified atom stereocenters. The van der Waals surface area contributed by atoms with E-state index in [4.69, 9.17) is 9.51 Å². The predicted molar refractivity (Wildman–Crippen MR) is 106 cm³/mol. The molecule has 0 amide bonds. The van der Waals surface area contributed by atoms with Crippen molar-refractivity contribution in [1.82, 2.24) is 19.7 Å². The zero-order valence-corrected chi connectivity index (χ0v) is 16.9. The fraction of sp³-hybridized carbons (Fsp3) is 0.294. The van der Waals surface area contributed by atoms with Crippen LogP contribution in [0.4, 0.5) is 0 Å². The third-order valence-electron chi connectivity index (χ3n) is 3.99. The van der Waals surface area contributed by atoms with Crippen LogP contribution in [0.5, 0.6) is 0 Å². The van der Waals surface area contributed by atoms with Crippen molar-refractivity contribution >= 4 is 44.7 Å². The van der Waals surface area contributed by atoms with Crippen LogP contribution in [0.15, 0.2) is 37.4 Å². The number of aromatic nitrogens is 4. The van der Waals surface area contributed by atoms with Gasteiger partial charge in [-0.2, -0.15) is 4.98 Å². The van der Waals surface area contributed by atoms with E-state index in [-0.39, 0.29) is 10.8 Å². The van der Waals surface area contributed by atoms with E-state index in [0.29, 0.717) is 22.3 Å². The Labute approximate surface area is 161 Å². The van der Waals surface area contributed by atoms with Crippen molar-refractivity contribution in [3.8, 4) is 10.4 Å². The van der Waals surface area contributed by atoms with E-state index in [1.54, 1.807) is 23.0 Å². The molecule has 9 heteroatoms. The molecule has 4 heterocycles. The molecule has 134 valence electrons. The highest BCUT2D eigenvalue weighted by atomic mass is 32.2. The summed E-state index contributed by atoms with van der Waals surface area (Å²) < 4.78 is 6.91. The molecule has 0 bridgehead atoms. The Hall–Kier alpha value is -1.97. The molecular formula is C17H16N4O2S3. The first-order chi connectivity index (χ1) is 12.6. The lowest BCUT2D eigenvalue weighted by Crippen LogP contribution is -2.19. The Morgan fingerprint density at radius 1 is 1.35 bits per heavy atom. The second-order valence-corrected chi connectivity index (χ2v) is 8.84.